The van der Waals surface area contributed by atoms with E-state index in [-0.39, 0.29) is 29.6 Å². The van der Waals surface area contributed by atoms with Crippen molar-refractivity contribution in [1.82, 2.24) is 9.29 Å². The van der Waals surface area contributed by atoms with E-state index in [9.17, 15) is 13.2 Å². The highest BCUT2D eigenvalue weighted by molar-refractivity contribution is 7.89. The lowest BCUT2D eigenvalue weighted by molar-refractivity contribution is 0.0925. The number of methoxy groups -OCH3 is 1. The molecule has 10 heteroatoms. The first-order valence-electron chi connectivity index (χ1n) is 11.2. The maximum Gasteiger partial charge on any atom is 0.252 e. The number of aromatic nitrogens is 1. The minimum Gasteiger partial charge on any atom is -0.497 e. The normalized spacial score (nSPS) is 17.9. The number of fused-ring (bicyclic) bond motifs is 2. The van der Waals surface area contributed by atoms with Crippen molar-refractivity contribution >= 4 is 20.9 Å². The van der Waals surface area contributed by atoms with E-state index in [4.69, 9.17) is 18.9 Å². The number of aromatic amines is 1. The van der Waals surface area contributed by atoms with Gasteiger partial charge in [-0.2, -0.15) is 4.31 Å². The monoisotopic (exact) mass is 486 g/mol. The molecule has 0 saturated carbocycles. The predicted molar refractivity (Wildman–Crippen MR) is 125 cm³/mol. The molecule has 2 aromatic carbocycles. The Balaban J connectivity index is 1.51. The average molecular weight is 487 g/mol. The maximum absolute atomic E-state index is 13.6. The molecule has 1 aromatic heterocycles. The van der Waals surface area contributed by atoms with Crippen molar-refractivity contribution < 1.29 is 27.4 Å². The van der Waals surface area contributed by atoms with Gasteiger partial charge < -0.3 is 23.9 Å². The maximum atomic E-state index is 13.6. The molecule has 2 aliphatic rings. The molecular formula is C24H26N2O7S. The Morgan fingerprint density at radius 1 is 1.06 bits per heavy atom. The van der Waals surface area contributed by atoms with Crippen LogP contribution in [0.3, 0.4) is 0 Å². The number of H-pyrrole nitrogens is 1. The Kier molecular flexibility index (Phi) is 6.20. The Morgan fingerprint density at radius 2 is 1.79 bits per heavy atom. The number of sulfonamides is 1. The molecule has 1 saturated heterocycles. The lowest BCUT2D eigenvalue weighted by atomic mass is 10.1. The predicted octanol–water partition coefficient (Wildman–Crippen LogP) is 2.68. The number of rotatable bonds is 7. The quantitative estimate of drug-likeness (QED) is 0.547. The zero-order chi connectivity index (χ0) is 23.7. The van der Waals surface area contributed by atoms with Crippen LogP contribution in [0.4, 0.5) is 0 Å². The number of nitrogens with one attached hydrogen (secondary N) is 1. The fraction of sp³-hybridized carbons (Fsp3) is 0.375. The summed E-state index contributed by atoms with van der Waals surface area (Å²) in [5.74, 6) is 1.73. The molecule has 0 radical (unpaired) electrons. The van der Waals surface area contributed by atoms with E-state index in [1.54, 1.807) is 30.3 Å². The van der Waals surface area contributed by atoms with E-state index >= 15 is 0 Å². The van der Waals surface area contributed by atoms with Crippen LogP contribution in [0, 0.1) is 0 Å². The van der Waals surface area contributed by atoms with Crippen LogP contribution in [0.5, 0.6) is 17.2 Å². The number of nitrogens with zero attached hydrogens (tertiary/aromatic N) is 1. The molecule has 1 atom stereocenters. The third kappa shape index (κ3) is 4.48. The Morgan fingerprint density at radius 3 is 2.47 bits per heavy atom. The summed E-state index contributed by atoms with van der Waals surface area (Å²) >= 11 is 0. The van der Waals surface area contributed by atoms with Crippen molar-refractivity contribution in [2.75, 3.05) is 33.5 Å². The van der Waals surface area contributed by atoms with Crippen LogP contribution in [0.25, 0.3) is 10.9 Å². The fourth-order valence-electron chi connectivity index (χ4n) is 4.26. The number of ether oxygens (including phenoxy) is 4. The van der Waals surface area contributed by atoms with Crippen LogP contribution < -0.4 is 19.8 Å². The molecule has 2 aliphatic heterocycles. The van der Waals surface area contributed by atoms with Gasteiger partial charge in [0.2, 0.25) is 10.0 Å². The van der Waals surface area contributed by atoms with Crippen LogP contribution in [0.2, 0.25) is 0 Å². The van der Waals surface area contributed by atoms with Crippen molar-refractivity contribution in [3.05, 3.63) is 58.4 Å². The van der Waals surface area contributed by atoms with Gasteiger partial charge >= 0.3 is 0 Å². The lowest BCUT2D eigenvalue weighted by Gasteiger charge is -2.25. The van der Waals surface area contributed by atoms with E-state index in [1.165, 1.54) is 23.5 Å². The largest absolute Gasteiger partial charge is 0.497 e. The molecule has 3 heterocycles. The molecule has 0 aliphatic carbocycles. The SMILES string of the molecule is COc1ccc(S(=O)(=O)N(Cc2cc3cc4c(cc3[nH]c2=O)OCCO4)C[C@H]2CCCO2)cc1. The van der Waals surface area contributed by atoms with Crippen LogP contribution >= 0.6 is 0 Å². The van der Waals surface area contributed by atoms with Crippen molar-refractivity contribution in [3.63, 3.8) is 0 Å². The number of hydrogen-bond donors (Lipinski definition) is 1. The smallest absolute Gasteiger partial charge is 0.252 e. The Bertz CT molecular complexity index is 1350. The molecule has 0 unspecified atom stereocenters. The lowest BCUT2D eigenvalue weighted by Crippen LogP contribution is -2.38. The highest BCUT2D eigenvalue weighted by Crippen LogP contribution is 2.34. The van der Waals surface area contributed by atoms with Crippen molar-refractivity contribution in [3.8, 4) is 17.2 Å². The van der Waals surface area contributed by atoms with Gasteiger partial charge in [-0.1, -0.05) is 0 Å². The summed E-state index contributed by atoms with van der Waals surface area (Å²) in [4.78, 5) is 15.9. The zero-order valence-electron chi connectivity index (χ0n) is 18.8. The minimum absolute atomic E-state index is 0.0893. The summed E-state index contributed by atoms with van der Waals surface area (Å²) in [6.45, 7) is 1.57. The molecular weight excluding hydrogens is 460 g/mol. The minimum atomic E-state index is -3.90. The molecule has 1 fully saturated rings. The van der Waals surface area contributed by atoms with E-state index < -0.39 is 10.0 Å². The summed E-state index contributed by atoms with van der Waals surface area (Å²) in [6, 6.07) is 11.4. The number of benzene rings is 2. The van der Waals surface area contributed by atoms with Crippen LogP contribution in [-0.2, 0) is 21.3 Å². The molecule has 1 N–H and O–H groups in total. The zero-order valence-corrected chi connectivity index (χ0v) is 19.6. The van der Waals surface area contributed by atoms with Gasteiger partial charge in [0.05, 0.1) is 23.6 Å². The average Bonchev–Trinajstić information content (AvgIpc) is 3.36. The molecule has 180 valence electrons. The topological polar surface area (TPSA) is 107 Å². The van der Waals surface area contributed by atoms with Gasteiger partial charge in [0.15, 0.2) is 11.5 Å². The van der Waals surface area contributed by atoms with E-state index in [2.05, 4.69) is 4.98 Å². The molecule has 9 nitrogen and oxygen atoms in total. The van der Waals surface area contributed by atoms with Crippen LogP contribution in [0.15, 0.2) is 52.2 Å². The molecule has 0 spiro atoms. The van der Waals surface area contributed by atoms with Crippen molar-refractivity contribution in [2.45, 2.75) is 30.4 Å². The van der Waals surface area contributed by atoms with Gasteiger partial charge in [-0.15, -0.1) is 0 Å². The van der Waals surface area contributed by atoms with Crippen LogP contribution in [-0.4, -0.2) is 57.3 Å². The fourth-order valence-corrected chi connectivity index (χ4v) is 5.71. The van der Waals surface area contributed by atoms with Gasteiger partial charge in [0.25, 0.3) is 5.56 Å². The number of pyridine rings is 1. The van der Waals surface area contributed by atoms with Gasteiger partial charge in [-0.05, 0) is 49.2 Å². The first-order valence-corrected chi connectivity index (χ1v) is 12.6. The second kappa shape index (κ2) is 9.28. The van der Waals surface area contributed by atoms with Crippen molar-refractivity contribution in [1.29, 1.82) is 0 Å². The summed E-state index contributed by atoms with van der Waals surface area (Å²) in [5.41, 5.74) is 0.576. The molecule has 5 rings (SSSR count). The van der Waals surface area contributed by atoms with Gasteiger partial charge in [0, 0.05) is 36.7 Å². The number of hydrogen-bond acceptors (Lipinski definition) is 7. The third-order valence-electron chi connectivity index (χ3n) is 6.06. The molecule has 34 heavy (non-hydrogen) atoms. The summed E-state index contributed by atoms with van der Waals surface area (Å²) in [7, 11) is -2.37. The first-order chi connectivity index (χ1) is 16.4. The standard InChI is InChI=1S/C24H26N2O7S/c1-30-18-4-6-20(7-5-18)34(28,29)26(15-19-3-2-8-31-19)14-17-11-16-12-22-23(33-10-9-32-22)13-21(16)25-24(17)27/h4-7,11-13,19H,2-3,8-10,14-15H2,1H3,(H,25,27)/t19-/m1/s1. The Labute approximate surface area is 197 Å². The van der Waals surface area contributed by atoms with E-state index in [1.807, 2.05) is 0 Å². The van der Waals surface area contributed by atoms with Crippen molar-refractivity contribution in [2.24, 2.45) is 0 Å². The second-order valence-electron chi connectivity index (χ2n) is 8.31. The summed E-state index contributed by atoms with van der Waals surface area (Å²) in [5, 5.41) is 0.734. The first kappa shape index (κ1) is 22.7. The van der Waals surface area contributed by atoms with Gasteiger partial charge in [-0.3, -0.25) is 4.79 Å². The highest BCUT2D eigenvalue weighted by Gasteiger charge is 2.30. The summed E-state index contributed by atoms with van der Waals surface area (Å²) < 4.78 is 50.6. The van der Waals surface area contributed by atoms with E-state index in [0.29, 0.717) is 48.1 Å². The van der Waals surface area contributed by atoms with Gasteiger partial charge in [0.1, 0.15) is 19.0 Å². The third-order valence-corrected chi connectivity index (χ3v) is 7.88. The summed E-state index contributed by atoms with van der Waals surface area (Å²) in [6.07, 6.45) is 1.43. The van der Waals surface area contributed by atoms with E-state index in [0.717, 1.165) is 18.2 Å². The Hall–Kier alpha value is -3.08. The molecule has 0 amide bonds. The van der Waals surface area contributed by atoms with Crippen LogP contribution in [0.1, 0.15) is 18.4 Å². The molecule has 0 bridgehead atoms. The second-order valence-corrected chi connectivity index (χ2v) is 10.3. The van der Waals surface area contributed by atoms with Gasteiger partial charge in [-0.25, -0.2) is 8.42 Å². The highest BCUT2D eigenvalue weighted by atomic mass is 32.2. The molecule has 3 aromatic rings.